The Bertz CT molecular complexity index is 1670. The van der Waals surface area contributed by atoms with Crippen molar-refractivity contribution in [1.82, 2.24) is 4.57 Å². The number of aryl methyl sites for hydroxylation is 2. The van der Waals surface area contributed by atoms with Gasteiger partial charge in [-0.05, 0) is 49.1 Å². The Hall–Kier alpha value is -2.52. The van der Waals surface area contributed by atoms with Crippen molar-refractivity contribution in [1.29, 1.82) is 0 Å². The van der Waals surface area contributed by atoms with Crippen molar-refractivity contribution in [2.75, 3.05) is 13.2 Å². The van der Waals surface area contributed by atoms with Crippen molar-refractivity contribution >= 4 is 32.5 Å². The van der Waals surface area contributed by atoms with Gasteiger partial charge in [0.1, 0.15) is 24.0 Å². The summed E-state index contributed by atoms with van der Waals surface area (Å²) in [5, 5.41) is 21.9. The summed E-state index contributed by atoms with van der Waals surface area (Å²) in [6.07, 6.45) is -1.97. The molecule has 2 fully saturated rings. The van der Waals surface area contributed by atoms with Crippen molar-refractivity contribution in [3.05, 3.63) is 65.6 Å². The van der Waals surface area contributed by atoms with Gasteiger partial charge in [-0.2, -0.15) is 8.88 Å². The van der Waals surface area contributed by atoms with Crippen LogP contribution in [0.1, 0.15) is 47.8 Å². The Morgan fingerprint density at radius 3 is 2.33 bits per heavy atom. The number of nitrogens with two attached hydrogens (primary N) is 1. The predicted octanol–water partition coefficient (Wildman–Crippen LogP) is 2.38. The maximum Gasteiger partial charge on any atom is 0.481 e. The highest BCUT2D eigenvalue weighted by molar-refractivity contribution is 7.61. The number of fused-ring (bicyclic) bond motifs is 1. The number of aliphatic hydroxyl groups is 2. The lowest BCUT2D eigenvalue weighted by Gasteiger charge is -2.21. The third kappa shape index (κ3) is 7.24. The fourth-order valence-corrected chi connectivity index (χ4v) is 7.89. The second kappa shape index (κ2) is 12.9. The number of rotatable bonds is 11. The average Bonchev–Trinajstić information content (AvgIpc) is 3.60. The van der Waals surface area contributed by atoms with E-state index in [0.717, 1.165) is 22.0 Å². The smallest absolute Gasteiger partial charge is 0.387 e. The number of ether oxygens (including phenoxy) is 2. The fraction of sp³-hybridized carbons (Fsp3) is 0.500. The van der Waals surface area contributed by atoms with Crippen LogP contribution >= 0.6 is 15.6 Å². The Balaban J connectivity index is 1.17. The molecule has 2 aliphatic heterocycles. The van der Waals surface area contributed by atoms with E-state index in [1.165, 1.54) is 29.1 Å². The topological polar surface area (TPSA) is 213 Å². The SMILES string of the molecule is Cc1cc(C)c2ccn(C3OC(COP(=O)(O)OP(=O)(O)OCC4OC([n+]5cccc(C(N)=O)c5)C(O)C4O)C(C)C3C)c2c1. The Labute approximate surface area is 259 Å². The summed E-state index contributed by atoms with van der Waals surface area (Å²) in [7, 11) is -10.4. The number of benzene rings is 1. The van der Waals surface area contributed by atoms with E-state index < -0.39 is 65.4 Å². The van der Waals surface area contributed by atoms with Gasteiger partial charge in [-0.25, -0.2) is 9.13 Å². The van der Waals surface area contributed by atoms with Crippen molar-refractivity contribution in [3.63, 3.8) is 0 Å². The molecule has 4 heterocycles. The molecule has 2 aliphatic rings. The third-order valence-electron chi connectivity index (χ3n) is 8.39. The van der Waals surface area contributed by atoms with Gasteiger partial charge in [0.2, 0.25) is 0 Å². The molecular formula is C28H38N3O12P2+. The summed E-state index contributed by atoms with van der Waals surface area (Å²) in [6, 6.07) is 9.10. The summed E-state index contributed by atoms with van der Waals surface area (Å²) >= 11 is 0. The Kier molecular flexibility index (Phi) is 9.73. The Morgan fingerprint density at radius 1 is 1.00 bits per heavy atom. The maximum atomic E-state index is 12.6. The molecule has 0 radical (unpaired) electrons. The summed E-state index contributed by atoms with van der Waals surface area (Å²) in [5.41, 5.74) is 8.63. The molecule has 2 saturated heterocycles. The van der Waals surface area contributed by atoms with Crippen LogP contribution in [0.15, 0.2) is 48.9 Å². The minimum absolute atomic E-state index is 0.00487. The quantitative estimate of drug-likeness (QED) is 0.147. The Morgan fingerprint density at radius 2 is 1.67 bits per heavy atom. The van der Waals surface area contributed by atoms with Gasteiger partial charge in [0.25, 0.3) is 12.1 Å². The molecule has 10 atom stereocenters. The van der Waals surface area contributed by atoms with Crippen LogP contribution in [0.25, 0.3) is 10.9 Å². The highest BCUT2D eigenvalue weighted by atomic mass is 31.3. The number of hydrogen-bond donors (Lipinski definition) is 5. The van der Waals surface area contributed by atoms with E-state index >= 15 is 0 Å². The van der Waals surface area contributed by atoms with Gasteiger partial charge in [-0.1, -0.05) is 19.9 Å². The van der Waals surface area contributed by atoms with E-state index in [9.17, 15) is 33.9 Å². The summed E-state index contributed by atoms with van der Waals surface area (Å²) in [6.45, 7) is 6.76. The van der Waals surface area contributed by atoms with Crippen molar-refractivity contribution in [2.45, 2.75) is 64.6 Å². The van der Waals surface area contributed by atoms with E-state index in [1.807, 2.05) is 44.5 Å². The van der Waals surface area contributed by atoms with Crippen molar-refractivity contribution in [2.24, 2.45) is 17.6 Å². The second-order valence-corrected chi connectivity index (χ2v) is 14.6. The molecule has 0 aliphatic carbocycles. The monoisotopic (exact) mass is 670 g/mol. The number of aliphatic hydroxyl groups excluding tert-OH is 2. The summed E-state index contributed by atoms with van der Waals surface area (Å²) in [4.78, 5) is 31.9. The molecule has 10 unspecified atom stereocenters. The first-order valence-corrected chi connectivity index (χ1v) is 17.3. The second-order valence-electron chi connectivity index (χ2n) is 11.6. The van der Waals surface area contributed by atoms with Crippen LogP contribution in [0.5, 0.6) is 0 Å². The van der Waals surface area contributed by atoms with Gasteiger partial charge in [0, 0.05) is 23.6 Å². The number of pyridine rings is 1. The van der Waals surface area contributed by atoms with Crippen molar-refractivity contribution in [3.8, 4) is 0 Å². The lowest BCUT2D eigenvalue weighted by Crippen LogP contribution is -2.46. The number of phosphoric ester groups is 2. The van der Waals surface area contributed by atoms with Crippen LogP contribution in [-0.2, 0) is 32.0 Å². The summed E-state index contributed by atoms with van der Waals surface area (Å²) < 4.78 is 54.7. The van der Waals surface area contributed by atoms with Crippen LogP contribution in [-0.4, -0.2) is 68.1 Å². The van der Waals surface area contributed by atoms with Gasteiger partial charge in [-0.3, -0.25) is 13.8 Å². The first-order valence-electron chi connectivity index (χ1n) is 14.3. The molecule has 6 N–H and O–H groups in total. The molecule has 0 saturated carbocycles. The largest absolute Gasteiger partial charge is 0.481 e. The predicted molar refractivity (Wildman–Crippen MR) is 157 cm³/mol. The van der Waals surface area contributed by atoms with Crippen LogP contribution in [0, 0.1) is 25.7 Å². The molecule has 2 aromatic heterocycles. The zero-order valence-corrected chi connectivity index (χ0v) is 26.9. The normalized spacial score (nSPS) is 31.2. The van der Waals surface area contributed by atoms with E-state index in [0.29, 0.717) is 0 Å². The number of nitrogens with zero attached hydrogens (tertiary/aromatic N) is 2. The van der Waals surface area contributed by atoms with Gasteiger partial charge in [-0.15, -0.1) is 0 Å². The number of carbonyl (C=O) groups excluding carboxylic acids is 1. The van der Waals surface area contributed by atoms with Crippen molar-refractivity contribution < 1.29 is 61.3 Å². The highest BCUT2D eigenvalue weighted by Gasteiger charge is 2.50. The summed E-state index contributed by atoms with van der Waals surface area (Å²) in [5.74, 6) is -0.846. The van der Waals surface area contributed by atoms with E-state index in [4.69, 9.17) is 24.3 Å². The molecule has 17 heteroatoms. The number of primary amides is 1. The van der Waals surface area contributed by atoms with Gasteiger partial charge < -0.3 is 39.8 Å². The molecule has 3 aromatic rings. The molecular weight excluding hydrogens is 632 g/mol. The zero-order chi connectivity index (χ0) is 32.8. The van der Waals surface area contributed by atoms with Crippen LogP contribution in [0.3, 0.4) is 0 Å². The third-order valence-corrected chi connectivity index (χ3v) is 11.0. The number of hydrogen-bond acceptors (Lipinski definition) is 10. The van der Waals surface area contributed by atoms with Crippen LogP contribution in [0.2, 0.25) is 0 Å². The minimum atomic E-state index is -5.23. The molecule has 1 amide bonds. The van der Waals surface area contributed by atoms with E-state index in [-0.39, 0.29) is 23.6 Å². The molecule has 0 spiro atoms. The average molecular weight is 671 g/mol. The fourth-order valence-electron chi connectivity index (χ4n) is 5.80. The van der Waals surface area contributed by atoms with Gasteiger partial charge in [0.15, 0.2) is 18.5 Å². The zero-order valence-electron chi connectivity index (χ0n) is 25.1. The molecule has 45 heavy (non-hydrogen) atoms. The minimum Gasteiger partial charge on any atom is -0.387 e. The van der Waals surface area contributed by atoms with Crippen LogP contribution in [0.4, 0.5) is 0 Å². The van der Waals surface area contributed by atoms with Crippen LogP contribution < -0.4 is 10.3 Å². The van der Waals surface area contributed by atoms with E-state index in [2.05, 4.69) is 16.4 Å². The lowest BCUT2D eigenvalue weighted by atomic mass is 9.93. The highest BCUT2D eigenvalue weighted by Crippen LogP contribution is 2.61. The number of phosphoric acid groups is 2. The molecule has 246 valence electrons. The molecule has 15 nitrogen and oxygen atoms in total. The first-order chi connectivity index (χ1) is 21.1. The number of amides is 1. The molecule has 5 rings (SSSR count). The number of carbonyl (C=O) groups is 1. The van der Waals surface area contributed by atoms with Gasteiger partial charge in [0.05, 0.1) is 24.8 Å². The lowest BCUT2D eigenvalue weighted by molar-refractivity contribution is -0.765. The van der Waals surface area contributed by atoms with Gasteiger partial charge >= 0.3 is 15.6 Å². The number of aromatic nitrogens is 2. The van der Waals surface area contributed by atoms with E-state index in [1.54, 1.807) is 0 Å². The maximum absolute atomic E-state index is 12.6. The first kappa shape index (κ1) is 33.8. The standard InChI is InChI=1S/C28H37N3O12P2/c1-15-10-16(2)20-7-9-31(21(20)11-15)27-18(4)17(3)22(41-27)13-39-44(35,36)43-45(37,38)40-14-23-24(32)25(33)28(42-23)30-8-5-6-19(12-30)26(29)34/h5-12,17-18,22-25,27-28,32-33H,13-14H2,1-4H3,(H3-,29,34,35,36,37,38)/p+1. The molecule has 1 aromatic carbocycles. The molecule has 0 bridgehead atoms.